The van der Waals surface area contributed by atoms with Crippen molar-refractivity contribution >= 4 is 22.5 Å². The molecule has 4 bridgehead atoms. The Morgan fingerprint density at radius 3 is 2.23 bits per heavy atom. The van der Waals surface area contributed by atoms with Crippen LogP contribution in [-0.2, 0) is 11.3 Å². The van der Waals surface area contributed by atoms with Crippen LogP contribution in [0.2, 0.25) is 0 Å². The largest absolute Gasteiger partial charge is 0.493 e. The van der Waals surface area contributed by atoms with Gasteiger partial charge < -0.3 is 9.67 Å². The highest BCUT2D eigenvalue weighted by molar-refractivity contribution is 5.95. The lowest BCUT2D eigenvalue weighted by atomic mass is 9.49. The quantitative estimate of drug-likeness (QED) is 0.516. The summed E-state index contributed by atoms with van der Waals surface area (Å²) in [5.74, 6) is 2.04. The first kappa shape index (κ1) is 18.8. The summed E-state index contributed by atoms with van der Waals surface area (Å²) in [6.45, 7) is 0.533. The van der Waals surface area contributed by atoms with Gasteiger partial charge in [0.05, 0.1) is 17.5 Å². The maximum Gasteiger partial charge on any atom is 0.270 e. The summed E-state index contributed by atoms with van der Waals surface area (Å²) in [4.78, 5) is 13.3. The van der Waals surface area contributed by atoms with Crippen LogP contribution < -0.4 is 0 Å². The van der Waals surface area contributed by atoms with Gasteiger partial charge in [0.25, 0.3) is 5.91 Å². The van der Waals surface area contributed by atoms with Gasteiger partial charge in [0.1, 0.15) is 0 Å². The molecule has 5 nitrogen and oxygen atoms in total. The van der Waals surface area contributed by atoms with Gasteiger partial charge in [-0.3, -0.25) is 4.79 Å². The van der Waals surface area contributed by atoms with Gasteiger partial charge in [-0.1, -0.05) is 48.5 Å². The first-order valence-corrected chi connectivity index (χ1v) is 11.4. The van der Waals surface area contributed by atoms with Crippen LogP contribution in [-0.4, -0.2) is 15.6 Å². The van der Waals surface area contributed by atoms with Gasteiger partial charge in [-0.2, -0.15) is 0 Å². The molecule has 0 unspecified atom stereocenters. The molecular formula is C26H27N3O2. The molecule has 4 aliphatic carbocycles. The molecule has 3 aromatic rings. The Bertz CT molecular complexity index is 1140. The Morgan fingerprint density at radius 1 is 0.935 bits per heavy atom. The van der Waals surface area contributed by atoms with Crippen LogP contribution in [0, 0.1) is 23.2 Å². The van der Waals surface area contributed by atoms with Crippen molar-refractivity contribution < 1.29 is 9.90 Å². The number of fused-ring (bicyclic) bond motifs is 1. The molecule has 4 aliphatic rings. The highest BCUT2D eigenvalue weighted by Gasteiger charge is 2.54. The number of nitrogens with zero attached hydrogens (tertiary/aromatic N) is 3. The summed E-state index contributed by atoms with van der Waals surface area (Å²) in [5, 5.41) is 20.4. The zero-order chi connectivity index (χ0) is 21.0. The number of aromatic nitrogens is 1. The predicted molar refractivity (Wildman–Crippen MR) is 119 cm³/mol. The average molecular weight is 414 g/mol. The Kier molecular flexibility index (Phi) is 4.27. The van der Waals surface area contributed by atoms with Crippen LogP contribution in [0.5, 0.6) is 5.88 Å². The number of para-hydroxylation sites is 1. The first-order valence-electron chi connectivity index (χ1n) is 11.4. The molecule has 0 aliphatic heterocycles. The Morgan fingerprint density at radius 2 is 1.55 bits per heavy atom. The van der Waals surface area contributed by atoms with Gasteiger partial charge in [0, 0.05) is 5.39 Å². The minimum absolute atomic E-state index is 0.0621. The minimum atomic E-state index is -0.309. The first-order chi connectivity index (χ1) is 15.1. The summed E-state index contributed by atoms with van der Waals surface area (Å²) in [7, 11) is 0. The fourth-order valence-corrected chi connectivity index (χ4v) is 6.87. The normalized spacial score (nSPS) is 29.2. The third kappa shape index (κ3) is 3.10. The van der Waals surface area contributed by atoms with Gasteiger partial charge in [0.2, 0.25) is 5.88 Å². The van der Waals surface area contributed by atoms with E-state index in [1.807, 2.05) is 59.2 Å². The molecule has 1 amide bonds. The zero-order valence-electron chi connectivity index (χ0n) is 17.6. The Labute approximate surface area is 181 Å². The molecule has 5 heteroatoms. The molecule has 31 heavy (non-hydrogen) atoms. The van der Waals surface area contributed by atoms with Gasteiger partial charge in [-0.05, 0) is 67.9 Å². The van der Waals surface area contributed by atoms with Crippen molar-refractivity contribution in [1.82, 2.24) is 4.57 Å². The lowest BCUT2D eigenvalue weighted by Gasteiger charge is -2.54. The predicted octanol–water partition coefficient (Wildman–Crippen LogP) is 6.22. The second-order valence-electron chi connectivity index (χ2n) is 9.96. The van der Waals surface area contributed by atoms with Gasteiger partial charge in [-0.15, -0.1) is 10.2 Å². The van der Waals surface area contributed by atoms with E-state index in [2.05, 4.69) is 10.2 Å². The van der Waals surface area contributed by atoms with Crippen molar-refractivity contribution in [3.63, 3.8) is 0 Å². The summed E-state index contributed by atoms with van der Waals surface area (Å²) in [5.41, 5.74) is 2.06. The molecule has 4 saturated carbocycles. The third-order valence-corrected chi connectivity index (χ3v) is 7.83. The van der Waals surface area contributed by atoms with Crippen LogP contribution in [0.15, 0.2) is 64.8 Å². The lowest BCUT2D eigenvalue weighted by molar-refractivity contribution is -0.142. The fraction of sp³-hybridized carbons (Fsp3) is 0.423. The smallest absolute Gasteiger partial charge is 0.270 e. The molecule has 0 saturated heterocycles. The standard InChI is InChI=1S/C26H27N3O2/c30-24-23(21-8-4-5-9-22(21)29(24)16-17-6-2-1-3-7-17)27-28-25(31)26-13-18-10-19(14-26)12-20(11-18)15-26/h1-9,18-20,30H,10-16H2. The number of amides is 1. The van der Waals surface area contributed by atoms with Crippen molar-refractivity contribution in [2.45, 2.75) is 45.1 Å². The van der Waals surface area contributed by atoms with E-state index in [-0.39, 0.29) is 17.2 Å². The van der Waals surface area contributed by atoms with E-state index in [0.717, 1.165) is 35.7 Å². The van der Waals surface area contributed by atoms with E-state index >= 15 is 0 Å². The van der Waals surface area contributed by atoms with Crippen molar-refractivity contribution in [3.8, 4) is 5.88 Å². The summed E-state index contributed by atoms with van der Waals surface area (Å²) >= 11 is 0. The number of benzene rings is 2. The highest BCUT2D eigenvalue weighted by Crippen LogP contribution is 2.60. The van der Waals surface area contributed by atoms with Crippen molar-refractivity contribution in [3.05, 3.63) is 60.2 Å². The molecule has 1 N–H and O–H groups in total. The Balaban J connectivity index is 1.34. The average Bonchev–Trinajstić information content (AvgIpc) is 3.03. The van der Waals surface area contributed by atoms with E-state index in [1.54, 1.807) is 0 Å². The second-order valence-corrected chi connectivity index (χ2v) is 9.96. The molecule has 7 rings (SSSR count). The maximum absolute atomic E-state index is 13.3. The van der Waals surface area contributed by atoms with Gasteiger partial charge >= 0.3 is 0 Å². The minimum Gasteiger partial charge on any atom is -0.493 e. The number of hydrogen-bond acceptors (Lipinski definition) is 3. The maximum atomic E-state index is 13.3. The van der Waals surface area contributed by atoms with E-state index in [0.29, 0.717) is 30.0 Å². The van der Waals surface area contributed by atoms with Crippen LogP contribution in [0.25, 0.3) is 10.9 Å². The van der Waals surface area contributed by atoms with E-state index in [4.69, 9.17) is 0 Å². The second kappa shape index (κ2) is 7.04. The van der Waals surface area contributed by atoms with Gasteiger partial charge in [0.15, 0.2) is 5.69 Å². The number of carbonyl (C=O) groups is 1. The molecule has 4 fully saturated rings. The topological polar surface area (TPSA) is 66.9 Å². The summed E-state index contributed by atoms with van der Waals surface area (Å²) in [6.07, 6.45) is 6.78. The van der Waals surface area contributed by atoms with E-state index in [1.165, 1.54) is 19.3 Å². The third-order valence-electron chi connectivity index (χ3n) is 7.83. The molecule has 158 valence electrons. The van der Waals surface area contributed by atoms with Crippen molar-refractivity contribution in [2.75, 3.05) is 0 Å². The molecule has 1 aromatic heterocycles. The van der Waals surface area contributed by atoms with Gasteiger partial charge in [-0.25, -0.2) is 0 Å². The lowest BCUT2D eigenvalue weighted by Crippen LogP contribution is -2.49. The van der Waals surface area contributed by atoms with Crippen LogP contribution in [0.3, 0.4) is 0 Å². The molecule has 0 spiro atoms. The van der Waals surface area contributed by atoms with Crippen molar-refractivity contribution in [1.29, 1.82) is 0 Å². The number of azo groups is 1. The molecule has 0 atom stereocenters. The number of aromatic hydroxyl groups is 1. The highest BCUT2D eigenvalue weighted by atomic mass is 16.3. The Hall–Kier alpha value is -2.95. The number of hydrogen-bond donors (Lipinski definition) is 1. The summed E-state index contributed by atoms with van der Waals surface area (Å²) in [6, 6.07) is 17.8. The number of rotatable bonds is 4. The SMILES string of the molecule is O=C(N=Nc1c(O)n(Cc2ccccc2)c2ccccc12)C12CC3CC(CC(C3)C1)C2. The number of carbonyl (C=O) groups excluding carboxylic acids is 1. The van der Waals surface area contributed by atoms with Crippen LogP contribution in [0.1, 0.15) is 44.1 Å². The van der Waals surface area contributed by atoms with E-state index in [9.17, 15) is 9.90 Å². The summed E-state index contributed by atoms with van der Waals surface area (Å²) < 4.78 is 1.84. The van der Waals surface area contributed by atoms with Crippen LogP contribution in [0.4, 0.5) is 5.69 Å². The van der Waals surface area contributed by atoms with E-state index < -0.39 is 0 Å². The van der Waals surface area contributed by atoms with Crippen molar-refractivity contribution in [2.24, 2.45) is 33.4 Å². The molecule has 2 aromatic carbocycles. The van der Waals surface area contributed by atoms with Crippen LogP contribution >= 0.6 is 0 Å². The molecule has 1 heterocycles. The molecule has 0 radical (unpaired) electrons. The fourth-order valence-electron chi connectivity index (χ4n) is 6.87. The monoisotopic (exact) mass is 413 g/mol. The zero-order valence-corrected chi connectivity index (χ0v) is 17.6. The molecular weight excluding hydrogens is 386 g/mol.